The highest BCUT2D eigenvalue weighted by Crippen LogP contribution is 2.31. The molecule has 0 radical (unpaired) electrons. The Labute approximate surface area is 108 Å². The Morgan fingerprint density at radius 1 is 1.61 bits per heavy atom. The van der Waals surface area contributed by atoms with Crippen LogP contribution in [0.1, 0.15) is 17.3 Å². The van der Waals surface area contributed by atoms with Crippen LogP contribution in [0.15, 0.2) is 23.1 Å². The number of nitrogens with zero attached hydrogens (tertiary/aromatic N) is 1. The molecule has 1 aromatic rings. The minimum absolute atomic E-state index is 0.0279. The van der Waals surface area contributed by atoms with Crippen LogP contribution in [0.2, 0.25) is 0 Å². The summed E-state index contributed by atoms with van der Waals surface area (Å²) in [5, 5.41) is 19.8. The first-order valence-corrected chi connectivity index (χ1v) is 6.26. The molecule has 0 aliphatic rings. The van der Waals surface area contributed by atoms with Gasteiger partial charge in [0.15, 0.2) is 0 Å². The van der Waals surface area contributed by atoms with E-state index in [1.54, 1.807) is 0 Å². The third-order valence-corrected chi connectivity index (χ3v) is 3.67. The van der Waals surface area contributed by atoms with Crippen LogP contribution in [0.25, 0.3) is 0 Å². The first-order valence-electron chi connectivity index (χ1n) is 5.27. The molecule has 7 heteroatoms. The van der Waals surface area contributed by atoms with Crippen molar-refractivity contribution < 1.29 is 14.8 Å². The molecule has 6 nitrogen and oxygen atoms in total. The Balaban J connectivity index is 2.97. The minimum Gasteiger partial charge on any atom is -0.396 e. The maximum absolute atomic E-state index is 11.0. The molecule has 1 rings (SSSR count). The molecule has 0 bridgehead atoms. The average Bonchev–Trinajstić information content (AvgIpc) is 2.35. The lowest BCUT2D eigenvalue weighted by molar-refractivity contribution is -0.387. The smallest absolute Gasteiger partial charge is 0.283 e. The lowest BCUT2D eigenvalue weighted by Crippen LogP contribution is -2.11. The Hall–Kier alpha value is -1.60. The number of benzene rings is 1. The Kier molecular flexibility index (Phi) is 5.11. The van der Waals surface area contributed by atoms with Gasteiger partial charge in [-0.15, -0.1) is 11.8 Å². The van der Waals surface area contributed by atoms with E-state index in [0.717, 1.165) is 0 Å². The van der Waals surface area contributed by atoms with Gasteiger partial charge in [0.05, 0.1) is 9.82 Å². The summed E-state index contributed by atoms with van der Waals surface area (Å²) in [7, 11) is 0. The zero-order valence-electron chi connectivity index (χ0n) is 9.83. The number of rotatable bonds is 6. The summed E-state index contributed by atoms with van der Waals surface area (Å²) in [6.45, 7) is 1.87. The quantitative estimate of drug-likeness (QED) is 0.462. The molecule has 18 heavy (non-hydrogen) atoms. The summed E-state index contributed by atoms with van der Waals surface area (Å²) < 4.78 is 0. The highest BCUT2D eigenvalue weighted by Gasteiger charge is 2.17. The Morgan fingerprint density at radius 2 is 2.28 bits per heavy atom. The van der Waals surface area contributed by atoms with Crippen molar-refractivity contribution in [2.45, 2.75) is 11.8 Å². The molecule has 0 aromatic heterocycles. The van der Waals surface area contributed by atoms with Crippen molar-refractivity contribution in [2.75, 3.05) is 12.4 Å². The van der Waals surface area contributed by atoms with Crippen molar-refractivity contribution in [2.24, 2.45) is 11.7 Å². The van der Waals surface area contributed by atoms with Crippen LogP contribution in [-0.4, -0.2) is 28.3 Å². The van der Waals surface area contributed by atoms with Gasteiger partial charge in [-0.05, 0) is 18.1 Å². The van der Waals surface area contributed by atoms with E-state index in [0.29, 0.717) is 10.6 Å². The monoisotopic (exact) mass is 270 g/mol. The molecule has 3 N–H and O–H groups in total. The van der Waals surface area contributed by atoms with E-state index in [1.165, 1.54) is 30.0 Å². The predicted octanol–water partition coefficient (Wildman–Crippen LogP) is 1.41. The lowest BCUT2D eigenvalue weighted by Gasteiger charge is -2.08. The second-order valence-electron chi connectivity index (χ2n) is 3.90. The normalized spacial score (nSPS) is 12.1. The number of nitrogens with two attached hydrogens (primary N) is 1. The van der Waals surface area contributed by atoms with Gasteiger partial charge in [-0.25, -0.2) is 0 Å². The number of nitro benzene ring substituents is 1. The minimum atomic E-state index is -0.696. The van der Waals surface area contributed by atoms with Crippen LogP contribution < -0.4 is 5.73 Å². The fraction of sp³-hybridized carbons (Fsp3) is 0.364. The maximum Gasteiger partial charge on any atom is 0.283 e. The predicted molar refractivity (Wildman–Crippen MR) is 68.6 cm³/mol. The average molecular weight is 270 g/mol. The molecule has 0 spiro atoms. The van der Waals surface area contributed by atoms with Gasteiger partial charge in [-0.3, -0.25) is 14.9 Å². The Bertz CT molecular complexity index is 464. The van der Waals surface area contributed by atoms with Crippen molar-refractivity contribution in [3.05, 3.63) is 33.9 Å². The van der Waals surface area contributed by atoms with E-state index in [2.05, 4.69) is 0 Å². The molecule has 0 heterocycles. The van der Waals surface area contributed by atoms with Crippen LogP contribution in [0.5, 0.6) is 0 Å². The van der Waals surface area contributed by atoms with Gasteiger partial charge in [0.2, 0.25) is 5.91 Å². The third kappa shape index (κ3) is 3.71. The van der Waals surface area contributed by atoms with Crippen LogP contribution in [0.3, 0.4) is 0 Å². The van der Waals surface area contributed by atoms with E-state index in [9.17, 15) is 14.9 Å². The number of aliphatic hydroxyl groups excluding tert-OH is 1. The van der Waals surface area contributed by atoms with Crippen LogP contribution in [-0.2, 0) is 0 Å². The number of carbonyl (C=O) groups is 1. The molecule has 0 aliphatic heterocycles. The molecular weight excluding hydrogens is 256 g/mol. The summed E-state index contributed by atoms with van der Waals surface area (Å²) in [5.41, 5.74) is 5.05. The first-order chi connectivity index (χ1) is 8.45. The van der Waals surface area contributed by atoms with Gasteiger partial charge >= 0.3 is 0 Å². The summed E-state index contributed by atoms with van der Waals surface area (Å²) in [4.78, 5) is 21.8. The van der Waals surface area contributed by atoms with Gasteiger partial charge < -0.3 is 10.8 Å². The molecule has 1 amide bonds. The van der Waals surface area contributed by atoms with E-state index in [-0.39, 0.29) is 23.8 Å². The summed E-state index contributed by atoms with van der Waals surface area (Å²) >= 11 is 1.27. The molecule has 1 aromatic carbocycles. The topological polar surface area (TPSA) is 106 Å². The van der Waals surface area contributed by atoms with Gasteiger partial charge in [0, 0.05) is 24.0 Å². The molecule has 0 aliphatic carbocycles. The second-order valence-corrected chi connectivity index (χ2v) is 4.96. The highest BCUT2D eigenvalue weighted by molar-refractivity contribution is 7.99. The van der Waals surface area contributed by atoms with E-state index >= 15 is 0 Å². The van der Waals surface area contributed by atoms with Crippen molar-refractivity contribution >= 4 is 23.4 Å². The fourth-order valence-electron chi connectivity index (χ4n) is 1.22. The molecule has 0 saturated heterocycles. The number of amides is 1. The SMILES string of the molecule is CC(CO)CSc1ccc(C(N)=O)cc1[N+](=O)[O-]. The van der Waals surface area contributed by atoms with E-state index < -0.39 is 10.8 Å². The third-order valence-electron chi connectivity index (χ3n) is 2.28. The second kappa shape index (κ2) is 6.36. The molecule has 1 atom stereocenters. The first kappa shape index (κ1) is 14.5. The fourth-order valence-corrected chi connectivity index (χ4v) is 2.24. The number of hydrogen-bond acceptors (Lipinski definition) is 5. The van der Waals surface area contributed by atoms with Crippen molar-refractivity contribution in [1.82, 2.24) is 0 Å². The number of aliphatic hydroxyl groups is 1. The van der Waals surface area contributed by atoms with Gasteiger partial charge in [-0.1, -0.05) is 6.92 Å². The number of carbonyl (C=O) groups excluding carboxylic acids is 1. The highest BCUT2D eigenvalue weighted by atomic mass is 32.2. The molecular formula is C11H14N2O4S. The number of primary amides is 1. The zero-order chi connectivity index (χ0) is 13.7. The summed E-state index contributed by atoms with van der Waals surface area (Å²) in [6.07, 6.45) is 0. The zero-order valence-corrected chi connectivity index (χ0v) is 10.6. The van der Waals surface area contributed by atoms with E-state index in [1.807, 2.05) is 6.92 Å². The molecule has 1 unspecified atom stereocenters. The van der Waals surface area contributed by atoms with Crippen LogP contribution in [0.4, 0.5) is 5.69 Å². The number of hydrogen-bond donors (Lipinski definition) is 2. The van der Waals surface area contributed by atoms with E-state index in [4.69, 9.17) is 10.8 Å². The van der Waals surface area contributed by atoms with Crippen LogP contribution >= 0.6 is 11.8 Å². The standard InChI is InChI=1S/C11H14N2O4S/c1-7(5-14)6-18-10-3-2-8(11(12)15)4-9(10)13(16)17/h2-4,7,14H,5-6H2,1H3,(H2,12,15). The van der Waals surface area contributed by atoms with Crippen molar-refractivity contribution in [3.8, 4) is 0 Å². The number of nitro groups is 1. The molecule has 0 saturated carbocycles. The number of thioether (sulfide) groups is 1. The van der Waals surface area contributed by atoms with Crippen molar-refractivity contribution in [1.29, 1.82) is 0 Å². The summed E-state index contributed by atoms with van der Waals surface area (Å²) in [5.74, 6) is -0.0865. The van der Waals surface area contributed by atoms with Crippen LogP contribution in [0, 0.1) is 16.0 Å². The Morgan fingerprint density at radius 3 is 2.78 bits per heavy atom. The van der Waals surface area contributed by atoms with Gasteiger partial charge in [-0.2, -0.15) is 0 Å². The molecule has 0 fully saturated rings. The summed E-state index contributed by atoms with van der Waals surface area (Å²) in [6, 6.07) is 4.14. The van der Waals surface area contributed by atoms with Gasteiger partial charge in [0.1, 0.15) is 0 Å². The van der Waals surface area contributed by atoms with Gasteiger partial charge in [0.25, 0.3) is 5.69 Å². The lowest BCUT2D eigenvalue weighted by atomic mass is 10.2. The largest absolute Gasteiger partial charge is 0.396 e. The van der Waals surface area contributed by atoms with Crippen molar-refractivity contribution in [3.63, 3.8) is 0 Å². The molecule has 98 valence electrons. The maximum atomic E-state index is 11.0.